The average molecular weight is 302 g/mol. The molecule has 1 aliphatic heterocycles. The van der Waals surface area contributed by atoms with Crippen LogP contribution in [0.3, 0.4) is 0 Å². The Balaban J connectivity index is 1.76. The van der Waals surface area contributed by atoms with Crippen LogP contribution in [0.25, 0.3) is 0 Å². The molecule has 0 amide bonds. The third-order valence-electron chi connectivity index (χ3n) is 3.92. The fourth-order valence-electron chi connectivity index (χ4n) is 2.81. The summed E-state index contributed by atoms with van der Waals surface area (Å²) < 4.78 is 6.22. The lowest BCUT2D eigenvalue weighted by Crippen LogP contribution is -2.25. The Morgan fingerprint density at radius 1 is 1.10 bits per heavy atom. The van der Waals surface area contributed by atoms with Crippen molar-refractivity contribution in [1.82, 2.24) is 5.32 Å². The Bertz CT molecular complexity index is 549. The van der Waals surface area contributed by atoms with E-state index in [2.05, 4.69) is 29.6 Å². The topological polar surface area (TPSA) is 21.3 Å². The average Bonchev–Trinajstić information content (AvgIpc) is 3.03. The van der Waals surface area contributed by atoms with Gasteiger partial charge in [-0.25, -0.2) is 0 Å². The van der Waals surface area contributed by atoms with Gasteiger partial charge in [0.25, 0.3) is 0 Å². The van der Waals surface area contributed by atoms with E-state index in [4.69, 9.17) is 16.3 Å². The van der Waals surface area contributed by atoms with E-state index in [0.29, 0.717) is 6.04 Å². The van der Waals surface area contributed by atoms with Gasteiger partial charge in [0.05, 0.1) is 0 Å². The zero-order chi connectivity index (χ0) is 14.5. The number of hydrogen-bond acceptors (Lipinski definition) is 2. The van der Waals surface area contributed by atoms with Gasteiger partial charge in [0.2, 0.25) is 0 Å². The molecule has 21 heavy (non-hydrogen) atoms. The predicted octanol–water partition coefficient (Wildman–Crippen LogP) is 4.60. The van der Waals surface area contributed by atoms with Crippen LogP contribution in [0, 0.1) is 0 Å². The molecule has 1 fully saturated rings. The van der Waals surface area contributed by atoms with E-state index < -0.39 is 0 Å². The maximum absolute atomic E-state index is 6.22. The van der Waals surface area contributed by atoms with E-state index in [1.807, 2.05) is 30.3 Å². The summed E-state index contributed by atoms with van der Waals surface area (Å²) in [6.45, 7) is 1.12. The molecule has 0 bridgehead atoms. The van der Waals surface area contributed by atoms with Crippen LogP contribution in [0.2, 0.25) is 5.02 Å². The second kappa shape index (κ2) is 6.97. The molecular weight excluding hydrogens is 282 g/mol. The zero-order valence-electron chi connectivity index (χ0n) is 12.0. The van der Waals surface area contributed by atoms with Crippen molar-refractivity contribution in [2.45, 2.75) is 31.4 Å². The molecule has 0 saturated carbocycles. The van der Waals surface area contributed by atoms with E-state index in [-0.39, 0.29) is 6.10 Å². The van der Waals surface area contributed by atoms with Crippen LogP contribution in [0.5, 0.6) is 5.75 Å². The highest BCUT2D eigenvalue weighted by Gasteiger charge is 2.22. The Labute approximate surface area is 131 Å². The number of hydrogen-bond donors (Lipinski definition) is 1. The molecule has 0 spiro atoms. The van der Waals surface area contributed by atoms with Gasteiger partial charge in [-0.2, -0.15) is 0 Å². The van der Waals surface area contributed by atoms with Gasteiger partial charge in [0, 0.05) is 17.5 Å². The Morgan fingerprint density at radius 3 is 2.52 bits per heavy atom. The molecule has 0 radical (unpaired) electrons. The van der Waals surface area contributed by atoms with Crippen LogP contribution in [-0.2, 0) is 0 Å². The highest BCUT2D eigenvalue weighted by molar-refractivity contribution is 6.30. The fraction of sp³-hybridized carbons (Fsp3) is 0.333. The van der Waals surface area contributed by atoms with E-state index >= 15 is 0 Å². The summed E-state index contributed by atoms with van der Waals surface area (Å²) in [5, 5.41) is 4.28. The minimum absolute atomic E-state index is 0.0722. The largest absolute Gasteiger partial charge is 0.486 e. The Kier molecular flexibility index (Phi) is 4.79. The minimum Gasteiger partial charge on any atom is -0.486 e. The normalized spacial score (nSPS) is 19.4. The van der Waals surface area contributed by atoms with Crippen LogP contribution in [-0.4, -0.2) is 12.6 Å². The molecule has 110 valence electrons. The SMILES string of the molecule is Clc1ccc(OC(CC2CCCN2)c2ccccc2)cc1. The Hall–Kier alpha value is -1.51. The number of benzene rings is 2. The minimum atomic E-state index is 0.0722. The van der Waals surface area contributed by atoms with E-state index in [0.717, 1.165) is 23.7 Å². The lowest BCUT2D eigenvalue weighted by Gasteiger charge is -2.23. The summed E-state index contributed by atoms with van der Waals surface area (Å²) in [7, 11) is 0. The van der Waals surface area contributed by atoms with Gasteiger partial charge in [-0.1, -0.05) is 41.9 Å². The highest BCUT2D eigenvalue weighted by atomic mass is 35.5. The molecule has 2 aromatic rings. The van der Waals surface area contributed by atoms with E-state index in [1.165, 1.54) is 18.4 Å². The van der Waals surface area contributed by atoms with Crippen LogP contribution < -0.4 is 10.1 Å². The summed E-state index contributed by atoms with van der Waals surface area (Å²) in [5.41, 5.74) is 1.22. The predicted molar refractivity (Wildman–Crippen MR) is 86.9 cm³/mol. The van der Waals surface area contributed by atoms with Crippen LogP contribution in [0.1, 0.15) is 30.9 Å². The molecule has 1 aliphatic rings. The van der Waals surface area contributed by atoms with Crippen molar-refractivity contribution in [2.75, 3.05) is 6.54 Å². The van der Waals surface area contributed by atoms with E-state index in [9.17, 15) is 0 Å². The summed E-state index contributed by atoms with van der Waals surface area (Å²) in [6.07, 6.45) is 3.55. The molecule has 1 N–H and O–H groups in total. The van der Waals surface area contributed by atoms with Crippen molar-refractivity contribution in [3.05, 3.63) is 65.2 Å². The van der Waals surface area contributed by atoms with Crippen molar-refractivity contribution in [3.8, 4) is 5.75 Å². The van der Waals surface area contributed by atoms with Crippen molar-refractivity contribution in [1.29, 1.82) is 0 Å². The second-order valence-corrected chi connectivity index (χ2v) is 5.94. The number of rotatable bonds is 5. The van der Waals surface area contributed by atoms with Crippen molar-refractivity contribution >= 4 is 11.6 Å². The van der Waals surface area contributed by atoms with Crippen LogP contribution >= 0.6 is 11.6 Å². The molecule has 0 aliphatic carbocycles. The molecule has 1 saturated heterocycles. The van der Waals surface area contributed by atoms with Crippen molar-refractivity contribution in [2.24, 2.45) is 0 Å². The van der Waals surface area contributed by atoms with Gasteiger partial charge in [-0.15, -0.1) is 0 Å². The van der Waals surface area contributed by atoms with Crippen molar-refractivity contribution in [3.63, 3.8) is 0 Å². The maximum Gasteiger partial charge on any atom is 0.125 e. The molecule has 1 heterocycles. The lowest BCUT2D eigenvalue weighted by atomic mass is 10.0. The monoisotopic (exact) mass is 301 g/mol. The van der Waals surface area contributed by atoms with Gasteiger partial charge < -0.3 is 10.1 Å². The first-order chi connectivity index (χ1) is 10.3. The number of ether oxygens (including phenoxy) is 1. The summed E-state index contributed by atoms with van der Waals surface area (Å²) >= 11 is 5.94. The van der Waals surface area contributed by atoms with Gasteiger partial charge in [0.1, 0.15) is 11.9 Å². The molecule has 2 nitrogen and oxygen atoms in total. The van der Waals surface area contributed by atoms with E-state index in [1.54, 1.807) is 0 Å². The quantitative estimate of drug-likeness (QED) is 0.871. The molecule has 3 rings (SSSR count). The van der Waals surface area contributed by atoms with Crippen molar-refractivity contribution < 1.29 is 4.74 Å². The Morgan fingerprint density at radius 2 is 1.86 bits per heavy atom. The molecular formula is C18H20ClNO. The summed E-state index contributed by atoms with van der Waals surface area (Å²) in [4.78, 5) is 0. The lowest BCUT2D eigenvalue weighted by molar-refractivity contribution is 0.181. The maximum atomic E-state index is 6.22. The van der Waals surface area contributed by atoms with Crippen LogP contribution in [0.4, 0.5) is 0 Å². The molecule has 2 unspecified atom stereocenters. The molecule has 3 heteroatoms. The van der Waals surface area contributed by atoms with Gasteiger partial charge >= 0.3 is 0 Å². The first-order valence-electron chi connectivity index (χ1n) is 7.52. The number of halogens is 1. The highest BCUT2D eigenvalue weighted by Crippen LogP contribution is 2.28. The number of nitrogens with one attached hydrogen (secondary N) is 1. The molecule has 2 aromatic carbocycles. The third kappa shape index (κ3) is 3.99. The first-order valence-corrected chi connectivity index (χ1v) is 7.89. The fourth-order valence-corrected chi connectivity index (χ4v) is 2.94. The second-order valence-electron chi connectivity index (χ2n) is 5.50. The zero-order valence-corrected chi connectivity index (χ0v) is 12.7. The first kappa shape index (κ1) is 14.4. The van der Waals surface area contributed by atoms with Gasteiger partial charge in [-0.05, 0) is 49.2 Å². The van der Waals surface area contributed by atoms with Gasteiger partial charge in [0.15, 0.2) is 0 Å². The summed E-state index contributed by atoms with van der Waals surface area (Å²) in [6, 6.07) is 18.6. The third-order valence-corrected chi connectivity index (χ3v) is 4.18. The smallest absolute Gasteiger partial charge is 0.125 e. The van der Waals surface area contributed by atoms with Crippen LogP contribution in [0.15, 0.2) is 54.6 Å². The molecule has 2 atom stereocenters. The standard InChI is InChI=1S/C18H20ClNO/c19-15-8-10-17(11-9-15)21-18(13-16-7-4-12-20-16)14-5-2-1-3-6-14/h1-3,5-6,8-11,16,18,20H,4,7,12-13H2. The van der Waals surface area contributed by atoms with Gasteiger partial charge in [-0.3, -0.25) is 0 Å². The summed E-state index contributed by atoms with van der Waals surface area (Å²) in [5.74, 6) is 0.867. The molecule has 0 aromatic heterocycles.